The molecular weight excluding hydrogens is 188 g/mol. The standard InChI is InChI=1S/C9H11ClN2O/c1-7(10)6-11-4-5-12(9(11)13)8-2-3-8/h4-5,8H,1-3,6H2. The van der Waals surface area contributed by atoms with Crippen molar-refractivity contribution in [3.8, 4) is 0 Å². The maximum atomic E-state index is 11.6. The number of nitrogens with zero attached hydrogens (tertiary/aromatic N) is 2. The summed E-state index contributed by atoms with van der Waals surface area (Å²) in [5, 5.41) is 0.482. The Hall–Kier alpha value is -0.960. The second-order valence-corrected chi connectivity index (χ2v) is 3.90. The van der Waals surface area contributed by atoms with Crippen molar-refractivity contribution in [1.82, 2.24) is 9.13 Å². The summed E-state index contributed by atoms with van der Waals surface area (Å²) in [7, 11) is 0. The Morgan fingerprint density at radius 1 is 1.62 bits per heavy atom. The smallest absolute Gasteiger partial charge is 0.296 e. The van der Waals surface area contributed by atoms with E-state index in [4.69, 9.17) is 11.6 Å². The van der Waals surface area contributed by atoms with Crippen molar-refractivity contribution in [3.63, 3.8) is 0 Å². The molecule has 1 aromatic rings. The lowest BCUT2D eigenvalue weighted by Crippen LogP contribution is -2.23. The molecule has 3 nitrogen and oxygen atoms in total. The van der Waals surface area contributed by atoms with Crippen molar-refractivity contribution in [2.24, 2.45) is 0 Å². The predicted octanol–water partition coefficient (Wildman–Crippen LogP) is 1.74. The van der Waals surface area contributed by atoms with Crippen LogP contribution in [0.5, 0.6) is 0 Å². The van der Waals surface area contributed by atoms with Crippen LogP contribution in [0.25, 0.3) is 0 Å². The first-order valence-corrected chi connectivity index (χ1v) is 4.67. The molecule has 0 amide bonds. The van der Waals surface area contributed by atoms with Gasteiger partial charge in [0.2, 0.25) is 0 Å². The fraction of sp³-hybridized carbons (Fsp3) is 0.444. The molecule has 0 aliphatic heterocycles. The van der Waals surface area contributed by atoms with Crippen LogP contribution in [0.4, 0.5) is 0 Å². The SMILES string of the molecule is C=C(Cl)Cn1ccn(C2CC2)c1=O. The molecule has 1 heterocycles. The van der Waals surface area contributed by atoms with Gasteiger partial charge in [-0.15, -0.1) is 0 Å². The molecule has 1 aliphatic carbocycles. The van der Waals surface area contributed by atoms with Crippen LogP contribution in [-0.2, 0) is 6.54 Å². The number of imidazole rings is 1. The number of allylic oxidation sites excluding steroid dienone is 1. The quantitative estimate of drug-likeness (QED) is 0.727. The lowest BCUT2D eigenvalue weighted by molar-refractivity contribution is 0.659. The molecule has 2 rings (SSSR count). The van der Waals surface area contributed by atoms with E-state index in [2.05, 4.69) is 6.58 Å². The van der Waals surface area contributed by atoms with Crippen molar-refractivity contribution in [2.45, 2.75) is 25.4 Å². The fourth-order valence-corrected chi connectivity index (χ4v) is 1.49. The molecule has 1 aromatic heterocycles. The number of halogens is 1. The minimum atomic E-state index is 0.0179. The largest absolute Gasteiger partial charge is 0.328 e. The van der Waals surface area contributed by atoms with E-state index in [1.807, 2.05) is 6.20 Å². The van der Waals surface area contributed by atoms with Crippen LogP contribution in [0.3, 0.4) is 0 Å². The monoisotopic (exact) mass is 198 g/mol. The van der Waals surface area contributed by atoms with Gasteiger partial charge >= 0.3 is 5.69 Å². The third kappa shape index (κ3) is 1.70. The van der Waals surface area contributed by atoms with Gasteiger partial charge in [-0.2, -0.15) is 0 Å². The molecule has 0 N–H and O–H groups in total. The molecule has 13 heavy (non-hydrogen) atoms. The Balaban J connectivity index is 2.27. The third-order valence-corrected chi connectivity index (χ3v) is 2.28. The Kier molecular flexibility index (Phi) is 2.04. The summed E-state index contributed by atoms with van der Waals surface area (Å²) in [5.74, 6) is 0. The topological polar surface area (TPSA) is 26.9 Å². The van der Waals surface area contributed by atoms with E-state index in [1.165, 1.54) is 0 Å². The average molecular weight is 199 g/mol. The van der Waals surface area contributed by atoms with Gasteiger partial charge in [-0.05, 0) is 12.8 Å². The number of hydrogen-bond acceptors (Lipinski definition) is 1. The van der Waals surface area contributed by atoms with Crippen molar-refractivity contribution >= 4 is 11.6 Å². The van der Waals surface area contributed by atoms with Gasteiger partial charge < -0.3 is 0 Å². The molecule has 0 radical (unpaired) electrons. The van der Waals surface area contributed by atoms with Gasteiger partial charge in [0.25, 0.3) is 0 Å². The van der Waals surface area contributed by atoms with Gasteiger partial charge in [0, 0.05) is 23.5 Å². The predicted molar refractivity (Wildman–Crippen MR) is 52.0 cm³/mol. The molecular formula is C9H11ClN2O. The number of aromatic nitrogens is 2. The van der Waals surface area contributed by atoms with E-state index in [0.717, 1.165) is 12.8 Å². The van der Waals surface area contributed by atoms with Crippen molar-refractivity contribution in [1.29, 1.82) is 0 Å². The maximum Gasteiger partial charge on any atom is 0.328 e. The van der Waals surface area contributed by atoms with Gasteiger partial charge in [-0.1, -0.05) is 18.2 Å². The molecule has 1 aliphatic rings. The van der Waals surface area contributed by atoms with Crippen LogP contribution < -0.4 is 5.69 Å². The van der Waals surface area contributed by atoms with Gasteiger partial charge in [-0.3, -0.25) is 9.13 Å². The van der Waals surface area contributed by atoms with Crippen LogP contribution in [0.1, 0.15) is 18.9 Å². The molecule has 4 heteroatoms. The highest BCUT2D eigenvalue weighted by molar-refractivity contribution is 6.29. The molecule has 0 unspecified atom stereocenters. The lowest BCUT2D eigenvalue weighted by atomic mass is 10.6. The van der Waals surface area contributed by atoms with Crippen LogP contribution in [0.15, 0.2) is 28.8 Å². The van der Waals surface area contributed by atoms with E-state index < -0.39 is 0 Å². The summed E-state index contributed by atoms with van der Waals surface area (Å²) in [5.41, 5.74) is 0.0179. The first kappa shape index (κ1) is 8.63. The van der Waals surface area contributed by atoms with E-state index in [1.54, 1.807) is 15.3 Å². The summed E-state index contributed by atoms with van der Waals surface area (Å²) in [6, 6.07) is 0.428. The van der Waals surface area contributed by atoms with Crippen LogP contribution >= 0.6 is 11.6 Å². The second kappa shape index (κ2) is 3.07. The Morgan fingerprint density at radius 3 is 2.85 bits per heavy atom. The van der Waals surface area contributed by atoms with Gasteiger partial charge in [-0.25, -0.2) is 4.79 Å². The fourth-order valence-electron chi connectivity index (χ4n) is 1.36. The van der Waals surface area contributed by atoms with E-state index in [-0.39, 0.29) is 5.69 Å². The van der Waals surface area contributed by atoms with E-state index >= 15 is 0 Å². The molecule has 0 bridgehead atoms. The second-order valence-electron chi connectivity index (χ2n) is 3.36. The minimum absolute atomic E-state index is 0.0179. The zero-order chi connectivity index (χ0) is 9.42. The molecule has 0 aromatic carbocycles. The van der Waals surface area contributed by atoms with Crippen LogP contribution in [-0.4, -0.2) is 9.13 Å². The first-order valence-electron chi connectivity index (χ1n) is 4.29. The summed E-state index contributed by atoms with van der Waals surface area (Å²) in [4.78, 5) is 11.6. The van der Waals surface area contributed by atoms with Crippen LogP contribution in [0.2, 0.25) is 0 Å². The molecule has 0 atom stereocenters. The highest BCUT2D eigenvalue weighted by Crippen LogP contribution is 2.33. The number of hydrogen-bond donors (Lipinski definition) is 0. The molecule has 0 saturated heterocycles. The summed E-state index contributed by atoms with van der Waals surface area (Å²) in [6.45, 7) is 3.96. The lowest BCUT2D eigenvalue weighted by Gasteiger charge is -1.98. The maximum absolute atomic E-state index is 11.6. The normalized spacial score (nSPS) is 16.1. The van der Waals surface area contributed by atoms with Crippen LogP contribution in [0, 0.1) is 0 Å². The number of rotatable bonds is 3. The molecule has 0 spiro atoms. The minimum Gasteiger partial charge on any atom is -0.296 e. The van der Waals surface area contributed by atoms with Gasteiger partial charge in [0.1, 0.15) is 0 Å². The van der Waals surface area contributed by atoms with Gasteiger partial charge in [0.15, 0.2) is 0 Å². The highest BCUT2D eigenvalue weighted by atomic mass is 35.5. The summed E-state index contributed by atoms with van der Waals surface area (Å²) < 4.78 is 3.34. The van der Waals surface area contributed by atoms with E-state index in [9.17, 15) is 4.79 Å². The Labute approximate surface area is 81.2 Å². The van der Waals surface area contributed by atoms with E-state index in [0.29, 0.717) is 17.6 Å². The van der Waals surface area contributed by atoms with Gasteiger partial charge in [0.05, 0.1) is 6.54 Å². The molecule has 1 saturated carbocycles. The average Bonchev–Trinajstić information content (AvgIpc) is 2.81. The summed E-state index contributed by atoms with van der Waals surface area (Å²) in [6.07, 6.45) is 5.81. The molecule has 1 fully saturated rings. The Bertz CT molecular complexity index is 387. The summed E-state index contributed by atoms with van der Waals surface area (Å²) >= 11 is 5.63. The van der Waals surface area contributed by atoms with Crippen molar-refractivity contribution < 1.29 is 0 Å². The zero-order valence-electron chi connectivity index (χ0n) is 7.24. The van der Waals surface area contributed by atoms with Crippen molar-refractivity contribution in [2.75, 3.05) is 0 Å². The molecule has 70 valence electrons. The third-order valence-electron chi connectivity index (χ3n) is 2.16. The van der Waals surface area contributed by atoms with Crippen molar-refractivity contribution in [3.05, 3.63) is 34.5 Å². The first-order chi connectivity index (χ1) is 6.18. The Morgan fingerprint density at radius 2 is 2.31 bits per heavy atom. The zero-order valence-corrected chi connectivity index (χ0v) is 8.00. The highest BCUT2D eigenvalue weighted by Gasteiger charge is 2.25.